The van der Waals surface area contributed by atoms with Crippen molar-refractivity contribution < 1.29 is 0 Å². The number of benzene rings is 1. The molecule has 3 heterocycles. The van der Waals surface area contributed by atoms with Crippen molar-refractivity contribution in [2.24, 2.45) is 0 Å². The average molecular weight is 365 g/mol. The molecule has 0 bridgehead atoms. The lowest BCUT2D eigenvalue weighted by Gasteiger charge is -2.31. The van der Waals surface area contributed by atoms with E-state index in [1.807, 2.05) is 49.1 Å². The third kappa shape index (κ3) is 4.09. The van der Waals surface area contributed by atoms with E-state index in [-0.39, 0.29) is 0 Å². The van der Waals surface area contributed by atoms with Crippen molar-refractivity contribution in [2.75, 3.05) is 13.1 Å². The Bertz CT molecular complexity index is 861. The first-order valence-electron chi connectivity index (χ1n) is 8.97. The van der Waals surface area contributed by atoms with E-state index in [1.165, 1.54) is 5.56 Å². The molecule has 4 nitrogen and oxygen atoms in total. The molecule has 4 rings (SSSR count). The highest BCUT2D eigenvalue weighted by Crippen LogP contribution is 2.29. The van der Waals surface area contributed by atoms with Gasteiger partial charge in [0.25, 0.3) is 0 Å². The van der Waals surface area contributed by atoms with Crippen LogP contribution in [0.25, 0.3) is 11.3 Å². The predicted molar refractivity (Wildman–Crippen MR) is 104 cm³/mol. The summed E-state index contributed by atoms with van der Waals surface area (Å²) >= 11 is 6.11. The highest BCUT2D eigenvalue weighted by Gasteiger charge is 2.22. The van der Waals surface area contributed by atoms with E-state index in [2.05, 4.69) is 27.0 Å². The Labute approximate surface area is 158 Å². The average Bonchev–Trinajstić information content (AvgIpc) is 2.69. The molecule has 3 aromatic rings. The SMILES string of the molecule is Clc1cccc(-c2cncc(C3CCN(Cc4ccncc4)CC3)n2)c1. The minimum atomic E-state index is 0.468. The summed E-state index contributed by atoms with van der Waals surface area (Å²) in [6.45, 7) is 3.15. The Morgan fingerprint density at radius 2 is 1.81 bits per heavy atom. The van der Waals surface area contributed by atoms with Gasteiger partial charge >= 0.3 is 0 Å². The maximum Gasteiger partial charge on any atom is 0.0889 e. The second-order valence-electron chi connectivity index (χ2n) is 6.75. The van der Waals surface area contributed by atoms with Gasteiger partial charge in [-0.25, -0.2) is 4.98 Å². The smallest absolute Gasteiger partial charge is 0.0889 e. The van der Waals surface area contributed by atoms with Crippen LogP contribution in [0, 0.1) is 0 Å². The quantitative estimate of drug-likeness (QED) is 0.680. The number of piperidine rings is 1. The van der Waals surface area contributed by atoms with E-state index in [9.17, 15) is 0 Å². The molecule has 0 spiro atoms. The van der Waals surface area contributed by atoms with Gasteiger partial charge in [-0.1, -0.05) is 23.7 Å². The van der Waals surface area contributed by atoms with Crippen LogP contribution in [-0.2, 0) is 6.54 Å². The monoisotopic (exact) mass is 364 g/mol. The van der Waals surface area contributed by atoms with Crippen LogP contribution in [-0.4, -0.2) is 32.9 Å². The Kier molecular flexibility index (Phi) is 5.23. The summed E-state index contributed by atoms with van der Waals surface area (Å²) < 4.78 is 0. The summed E-state index contributed by atoms with van der Waals surface area (Å²) in [5.41, 5.74) is 4.32. The number of pyridine rings is 1. The van der Waals surface area contributed by atoms with Crippen LogP contribution >= 0.6 is 11.6 Å². The molecule has 1 aliphatic rings. The number of nitrogens with zero attached hydrogens (tertiary/aromatic N) is 4. The summed E-state index contributed by atoms with van der Waals surface area (Å²) in [5.74, 6) is 0.468. The van der Waals surface area contributed by atoms with Crippen molar-refractivity contribution in [2.45, 2.75) is 25.3 Å². The van der Waals surface area contributed by atoms with E-state index in [4.69, 9.17) is 16.6 Å². The first-order chi connectivity index (χ1) is 12.8. The molecule has 0 N–H and O–H groups in total. The number of hydrogen-bond donors (Lipinski definition) is 0. The van der Waals surface area contributed by atoms with Gasteiger partial charge in [-0.05, 0) is 55.8 Å². The van der Waals surface area contributed by atoms with Crippen LogP contribution in [0.1, 0.15) is 30.0 Å². The molecule has 1 aromatic carbocycles. The summed E-state index contributed by atoms with van der Waals surface area (Å²) in [7, 11) is 0. The van der Waals surface area contributed by atoms with E-state index in [0.29, 0.717) is 5.92 Å². The van der Waals surface area contributed by atoms with E-state index >= 15 is 0 Å². The van der Waals surface area contributed by atoms with E-state index < -0.39 is 0 Å². The number of aromatic nitrogens is 3. The fourth-order valence-electron chi connectivity index (χ4n) is 3.50. The minimum Gasteiger partial charge on any atom is -0.299 e. The molecule has 0 unspecified atom stereocenters. The maximum absolute atomic E-state index is 6.11. The Balaban J connectivity index is 1.42. The molecule has 0 saturated carbocycles. The van der Waals surface area contributed by atoms with Crippen LogP contribution in [0.2, 0.25) is 5.02 Å². The first kappa shape index (κ1) is 17.1. The zero-order chi connectivity index (χ0) is 17.8. The number of hydrogen-bond acceptors (Lipinski definition) is 4. The van der Waals surface area contributed by atoms with Gasteiger partial charge in [0, 0.05) is 41.6 Å². The van der Waals surface area contributed by atoms with Gasteiger partial charge in [0.1, 0.15) is 0 Å². The van der Waals surface area contributed by atoms with Crippen molar-refractivity contribution in [1.82, 2.24) is 19.9 Å². The lowest BCUT2D eigenvalue weighted by molar-refractivity contribution is 0.203. The summed E-state index contributed by atoms with van der Waals surface area (Å²) in [6, 6.07) is 12.0. The van der Waals surface area contributed by atoms with Gasteiger partial charge in [0.15, 0.2) is 0 Å². The third-order valence-electron chi connectivity index (χ3n) is 4.93. The van der Waals surface area contributed by atoms with Crippen molar-refractivity contribution >= 4 is 11.6 Å². The van der Waals surface area contributed by atoms with Crippen molar-refractivity contribution in [3.8, 4) is 11.3 Å². The maximum atomic E-state index is 6.11. The lowest BCUT2D eigenvalue weighted by Crippen LogP contribution is -2.32. The molecule has 0 amide bonds. The van der Waals surface area contributed by atoms with Crippen LogP contribution in [0.3, 0.4) is 0 Å². The molecule has 1 saturated heterocycles. The molecular weight excluding hydrogens is 344 g/mol. The number of rotatable bonds is 4. The summed E-state index contributed by atoms with van der Waals surface area (Å²) in [5, 5.41) is 0.721. The van der Waals surface area contributed by atoms with Crippen molar-refractivity contribution in [3.63, 3.8) is 0 Å². The first-order valence-corrected chi connectivity index (χ1v) is 9.35. The molecule has 26 heavy (non-hydrogen) atoms. The molecule has 132 valence electrons. The molecule has 1 fully saturated rings. The van der Waals surface area contributed by atoms with E-state index in [1.54, 1.807) is 0 Å². The summed E-state index contributed by atoms with van der Waals surface area (Å²) in [4.78, 5) is 15.9. The minimum absolute atomic E-state index is 0.468. The van der Waals surface area contributed by atoms with Crippen LogP contribution in [0.5, 0.6) is 0 Å². The van der Waals surface area contributed by atoms with Gasteiger partial charge in [0.2, 0.25) is 0 Å². The molecule has 1 aliphatic heterocycles. The number of likely N-dealkylation sites (tertiary alicyclic amines) is 1. The third-order valence-corrected chi connectivity index (χ3v) is 5.17. The van der Waals surface area contributed by atoms with Crippen LogP contribution < -0.4 is 0 Å². The molecule has 2 aromatic heterocycles. The Hall–Kier alpha value is -2.30. The highest BCUT2D eigenvalue weighted by atomic mass is 35.5. The highest BCUT2D eigenvalue weighted by molar-refractivity contribution is 6.30. The summed E-state index contributed by atoms with van der Waals surface area (Å²) in [6.07, 6.45) is 9.67. The van der Waals surface area contributed by atoms with Gasteiger partial charge < -0.3 is 0 Å². The predicted octanol–water partition coefficient (Wildman–Crippen LogP) is 4.57. The second-order valence-corrected chi connectivity index (χ2v) is 7.18. The molecule has 5 heteroatoms. The standard InChI is InChI=1S/C21H21ClN4/c22-19-3-1-2-18(12-19)21-14-24-13-20(25-21)17-6-10-26(11-7-17)15-16-4-8-23-9-5-16/h1-5,8-9,12-14,17H,6-7,10-11,15H2. The second kappa shape index (κ2) is 7.94. The van der Waals surface area contributed by atoms with Crippen molar-refractivity contribution in [1.29, 1.82) is 0 Å². The number of halogens is 1. The van der Waals surface area contributed by atoms with Crippen molar-refractivity contribution in [3.05, 3.63) is 77.5 Å². The molecule has 0 atom stereocenters. The van der Waals surface area contributed by atoms with Gasteiger partial charge in [-0.3, -0.25) is 14.9 Å². The largest absolute Gasteiger partial charge is 0.299 e. The normalized spacial score (nSPS) is 15.9. The molecule has 0 aliphatic carbocycles. The van der Waals surface area contributed by atoms with Gasteiger partial charge in [-0.15, -0.1) is 0 Å². The topological polar surface area (TPSA) is 41.9 Å². The molecular formula is C21H21ClN4. The Morgan fingerprint density at radius 1 is 1.00 bits per heavy atom. The zero-order valence-corrected chi connectivity index (χ0v) is 15.3. The molecule has 0 radical (unpaired) electrons. The van der Waals surface area contributed by atoms with Crippen LogP contribution in [0.4, 0.5) is 0 Å². The zero-order valence-electron chi connectivity index (χ0n) is 14.6. The van der Waals surface area contributed by atoms with Gasteiger partial charge in [-0.2, -0.15) is 0 Å². The fraction of sp³-hybridized carbons (Fsp3) is 0.286. The van der Waals surface area contributed by atoms with E-state index in [0.717, 1.165) is 54.4 Å². The van der Waals surface area contributed by atoms with Gasteiger partial charge in [0.05, 0.1) is 17.6 Å². The Morgan fingerprint density at radius 3 is 2.58 bits per heavy atom. The fourth-order valence-corrected chi connectivity index (χ4v) is 3.69. The lowest BCUT2D eigenvalue weighted by atomic mass is 9.93. The van der Waals surface area contributed by atoms with Crippen LogP contribution in [0.15, 0.2) is 61.2 Å².